The van der Waals surface area contributed by atoms with Crippen LogP contribution in [0.5, 0.6) is 0 Å². The summed E-state index contributed by atoms with van der Waals surface area (Å²) in [5.74, 6) is -1.48. The SMILES string of the molecule is Cc1ccc(F)c(C(O)c2ccc3cccnc3c2)c1F. The van der Waals surface area contributed by atoms with Crippen molar-refractivity contribution in [1.82, 2.24) is 4.98 Å². The van der Waals surface area contributed by atoms with Crippen LogP contribution in [0.25, 0.3) is 10.9 Å². The molecule has 106 valence electrons. The van der Waals surface area contributed by atoms with E-state index in [0.29, 0.717) is 16.6 Å². The molecule has 4 heteroatoms. The number of rotatable bonds is 2. The van der Waals surface area contributed by atoms with Crippen LogP contribution < -0.4 is 0 Å². The highest BCUT2D eigenvalue weighted by Crippen LogP contribution is 2.29. The van der Waals surface area contributed by atoms with Crippen LogP contribution in [-0.4, -0.2) is 10.1 Å². The summed E-state index contributed by atoms with van der Waals surface area (Å²) < 4.78 is 28.0. The topological polar surface area (TPSA) is 33.1 Å². The molecule has 1 N–H and O–H groups in total. The number of aryl methyl sites for hydroxylation is 1. The Bertz CT molecular complexity index is 817. The highest BCUT2D eigenvalue weighted by molar-refractivity contribution is 5.79. The Morgan fingerprint density at radius 2 is 1.90 bits per heavy atom. The Labute approximate surface area is 120 Å². The molecule has 0 bridgehead atoms. The lowest BCUT2D eigenvalue weighted by Crippen LogP contribution is -2.07. The number of nitrogens with zero attached hydrogens (tertiary/aromatic N) is 1. The summed E-state index contributed by atoms with van der Waals surface area (Å²) in [6, 6.07) is 11.3. The predicted octanol–water partition coefficient (Wildman–Crippen LogP) is 3.90. The largest absolute Gasteiger partial charge is 0.383 e. The molecule has 0 aliphatic rings. The predicted molar refractivity (Wildman–Crippen MR) is 76.9 cm³/mol. The van der Waals surface area contributed by atoms with E-state index < -0.39 is 17.7 Å². The molecule has 1 unspecified atom stereocenters. The fourth-order valence-corrected chi connectivity index (χ4v) is 2.35. The van der Waals surface area contributed by atoms with Crippen LogP contribution in [0.4, 0.5) is 8.78 Å². The first-order valence-electron chi connectivity index (χ1n) is 6.55. The lowest BCUT2D eigenvalue weighted by atomic mass is 9.97. The average Bonchev–Trinajstić information content (AvgIpc) is 2.51. The molecule has 3 aromatic rings. The first-order chi connectivity index (χ1) is 10.1. The summed E-state index contributed by atoms with van der Waals surface area (Å²) in [5.41, 5.74) is 1.04. The molecule has 0 amide bonds. The summed E-state index contributed by atoms with van der Waals surface area (Å²) in [4.78, 5) is 4.18. The zero-order valence-electron chi connectivity index (χ0n) is 11.3. The van der Waals surface area contributed by atoms with Gasteiger partial charge < -0.3 is 5.11 Å². The van der Waals surface area contributed by atoms with Crippen LogP contribution in [0, 0.1) is 18.6 Å². The van der Waals surface area contributed by atoms with Crippen molar-refractivity contribution < 1.29 is 13.9 Å². The molecule has 0 radical (unpaired) electrons. The van der Waals surface area contributed by atoms with Gasteiger partial charge in [-0.3, -0.25) is 4.98 Å². The van der Waals surface area contributed by atoms with E-state index >= 15 is 0 Å². The monoisotopic (exact) mass is 285 g/mol. The second-order valence-electron chi connectivity index (χ2n) is 4.95. The number of aliphatic hydroxyl groups is 1. The first-order valence-corrected chi connectivity index (χ1v) is 6.55. The van der Waals surface area contributed by atoms with Gasteiger partial charge in [0.25, 0.3) is 0 Å². The van der Waals surface area contributed by atoms with Gasteiger partial charge in [-0.05, 0) is 36.2 Å². The van der Waals surface area contributed by atoms with Gasteiger partial charge in [0.05, 0.1) is 11.1 Å². The van der Waals surface area contributed by atoms with Gasteiger partial charge in [0, 0.05) is 11.6 Å². The maximum absolute atomic E-state index is 14.1. The molecule has 21 heavy (non-hydrogen) atoms. The summed E-state index contributed by atoms with van der Waals surface area (Å²) in [6.07, 6.45) is 0.267. The number of hydrogen-bond acceptors (Lipinski definition) is 2. The molecular formula is C17H13F2NO. The van der Waals surface area contributed by atoms with E-state index in [9.17, 15) is 13.9 Å². The van der Waals surface area contributed by atoms with Gasteiger partial charge in [-0.1, -0.05) is 24.3 Å². The van der Waals surface area contributed by atoms with Crippen molar-refractivity contribution in [3.8, 4) is 0 Å². The van der Waals surface area contributed by atoms with Crippen LogP contribution in [0.15, 0.2) is 48.7 Å². The van der Waals surface area contributed by atoms with Crippen molar-refractivity contribution in [2.45, 2.75) is 13.0 Å². The molecule has 2 aromatic carbocycles. The highest BCUT2D eigenvalue weighted by atomic mass is 19.1. The molecule has 0 aliphatic heterocycles. The quantitative estimate of drug-likeness (QED) is 0.774. The molecule has 1 heterocycles. The second kappa shape index (κ2) is 5.22. The highest BCUT2D eigenvalue weighted by Gasteiger charge is 2.21. The minimum atomic E-state index is -1.36. The van der Waals surface area contributed by atoms with E-state index in [-0.39, 0.29) is 5.56 Å². The van der Waals surface area contributed by atoms with E-state index in [4.69, 9.17) is 0 Å². The van der Waals surface area contributed by atoms with Gasteiger partial charge >= 0.3 is 0 Å². The van der Waals surface area contributed by atoms with Gasteiger partial charge in [0.15, 0.2) is 0 Å². The van der Waals surface area contributed by atoms with Crippen molar-refractivity contribution in [2.75, 3.05) is 0 Å². The number of aliphatic hydroxyl groups excluding tert-OH is 1. The fraction of sp³-hybridized carbons (Fsp3) is 0.118. The number of hydrogen-bond donors (Lipinski definition) is 1. The Balaban J connectivity index is 2.12. The Morgan fingerprint density at radius 3 is 2.71 bits per heavy atom. The van der Waals surface area contributed by atoms with E-state index in [1.807, 2.05) is 6.07 Å². The van der Waals surface area contributed by atoms with Crippen LogP contribution in [0.1, 0.15) is 22.8 Å². The van der Waals surface area contributed by atoms with Crippen molar-refractivity contribution in [1.29, 1.82) is 0 Å². The molecule has 0 saturated heterocycles. The lowest BCUT2D eigenvalue weighted by molar-refractivity contribution is 0.209. The molecular weight excluding hydrogens is 272 g/mol. The Kier molecular flexibility index (Phi) is 3.39. The van der Waals surface area contributed by atoms with E-state index in [1.165, 1.54) is 13.0 Å². The number of benzene rings is 2. The number of halogens is 2. The minimum absolute atomic E-state index is 0.296. The van der Waals surface area contributed by atoms with Crippen molar-refractivity contribution >= 4 is 10.9 Å². The zero-order valence-corrected chi connectivity index (χ0v) is 11.3. The molecule has 2 nitrogen and oxygen atoms in total. The molecule has 0 aliphatic carbocycles. The summed E-state index contributed by atoms with van der Waals surface area (Å²) in [6.45, 7) is 1.53. The van der Waals surface area contributed by atoms with E-state index in [1.54, 1.807) is 30.5 Å². The molecule has 3 rings (SSSR count). The lowest BCUT2D eigenvalue weighted by Gasteiger charge is -2.15. The molecule has 1 aromatic heterocycles. The number of pyridine rings is 1. The van der Waals surface area contributed by atoms with Gasteiger partial charge in [-0.25, -0.2) is 8.78 Å². The van der Waals surface area contributed by atoms with Crippen LogP contribution in [-0.2, 0) is 0 Å². The number of fused-ring (bicyclic) bond motifs is 1. The molecule has 0 saturated carbocycles. The zero-order chi connectivity index (χ0) is 15.0. The van der Waals surface area contributed by atoms with Gasteiger partial charge in [0.1, 0.15) is 17.7 Å². The van der Waals surface area contributed by atoms with Gasteiger partial charge in [-0.2, -0.15) is 0 Å². The first kappa shape index (κ1) is 13.6. The Hall–Kier alpha value is -2.33. The normalized spacial score (nSPS) is 12.6. The van der Waals surface area contributed by atoms with Crippen molar-refractivity contribution in [3.05, 3.63) is 77.0 Å². The van der Waals surface area contributed by atoms with Crippen LogP contribution >= 0.6 is 0 Å². The summed E-state index contributed by atoms with van der Waals surface area (Å²) >= 11 is 0. The maximum atomic E-state index is 14.1. The van der Waals surface area contributed by atoms with Crippen molar-refractivity contribution in [3.63, 3.8) is 0 Å². The maximum Gasteiger partial charge on any atom is 0.135 e. The van der Waals surface area contributed by atoms with Gasteiger partial charge in [-0.15, -0.1) is 0 Å². The Morgan fingerprint density at radius 1 is 1.10 bits per heavy atom. The minimum Gasteiger partial charge on any atom is -0.383 e. The average molecular weight is 285 g/mol. The third-order valence-corrected chi connectivity index (χ3v) is 3.54. The smallest absolute Gasteiger partial charge is 0.135 e. The number of aromatic nitrogens is 1. The van der Waals surface area contributed by atoms with Crippen LogP contribution in [0.2, 0.25) is 0 Å². The summed E-state index contributed by atoms with van der Waals surface area (Å²) in [5, 5.41) is 11.2. The van der Waals surface area contributed by atoms with E-state index in [0.717, 1.165) is 11.5 Å². The fourth-order valence-electron chi connectivity index (χ4n) is 2.35. The summed E-state index contributed by atoms with van der Waals surface area (Å²) in [7, 11) is 0. The van der Waals surface area contributed by atoms with Crippen LogP contribution in [0.3, 0.4) is 0 Å². The van der Waals surface area contributed by atoms with Gasteiger partial charge in [0.2, 0.25) is 0 Å². The van der Waals surface area contributed by atoms with E-state index in [2.05, 4.69) is 4.98 Å². The van der Waals surface area contributed by atoms with Crippen molar-refractivity contribution in [2.24, 2.45) is 0 Å². The third-order valence-electron chi connectivity index (χ3n) is 3.54. The second-order valence-corrected chi connectivity index (χ2v) is 4.95. The molecule has 0 spiro atoms. The molecule has 1 atom stereocenters. The standard InChI is InChI=1S/C17H13F2NO/c1-10-4-7-13(18)15(16(10)19)17(21)12-6-5-11-3-2-8-20-14(11)9-12/h2-9,17,21H,1H3. The third kappa shape index (κ3) is 2.38. The molecule has 0 fully saturated rings.